The number of ether oxygens (including phenoxy) is 1. The van der Waals surface area contributed by atoms with Crippen molar-refractivity contribution in [1.82, 2.24) is 5.32 Å². The van der Waals surface area contributed by atoms with Crippen molar-refractivity contribution >= 4 is 23.5 Å². The van der Waals surface area contributed by atoms with E-state index in [0.29, 0.717) is 11.3 Å². The molecule has 0 aromatic heterocycles. The van der Waals surface area contributed by atoms with Crippen LogP contribution >= 0.6 is 0 Å². The van der Waals surface area contributed by atoms with Gasteiger partial charge < -0.3 is 20.5 Å². The fraction of sp³-hybridized carbons (Fsp3) is 0.250. The highest BCUT2D eigenvalue weighted by atomic mass is 16.5. The van der Waals surface area contributed by atoms with Crippen molar-refractivity contribution in [3.63, 3.8) is 0 Å². The summed E-state index contributed by atoms with van der Waals surface area (Å²) in [6.07, 6.45) is 0.206. The molecule has 1 aliphatic rings. The maximum atomic E-state index is 12.6. The lowest BCUT2D eigenvalue weighted by atomic mass is 9.98. The Kier molecular flexibility index (Phi) is 5.23. The van der Waals surface area contributed by atoms with Crippen LogP contribution in [0.2, 0.25) is 0 Å². The highest BCUT2D eigenvalue weighted by Crippen LogP contribution is 2.22. The molecule has 140 valence electrons. The molecule has 2 aromatic carbocycles. The molecule has 0 bridgehead atoms. The Labute approximate surface area is 156 Å². The summed E-state index contributed by atoms with van der Waals surface area (Å²) in [6.45, 7) is 2.02. The zero-order valence-corrected chi connectivity index (χ0v) is 14.8. The lowest BCUT2D eigenvalue weighted by molar-refractivity contribution is -0.144. The molecule has 0 radical (unpaired) electrons. The Balaban J connectivity index is 1.79. The Morgan fingerprint density at radius 2 is 1.78 bits per heavy atom. The van der Waals surface area contributed by atoms with Gasteiger partial charge >= 0.3 is 5.97 Å². The van der Waals surface area contributed by atoms with Crippen LogP contribution in [0.1, 0.15) is 32.7 Å². The van der Waals surface area contributed by atoms with Crippen molar-refractivity contribution in [1.29, 1.82) is 0 Å². The van der Waals surface area contributed by atoms with Crippen LogP contribution in [0, 0.1) is 6.92 Å². The Morgan fingerprint density at radius 1 is 1.04 bits per heavy atom. The summed E-state index contributed by atoms with van der Waals surface area (Å²) >= 11 is 0. The van der Waals surface area contributed by atoms with Crippen molar-refractivity contribution < 1.29 is 24.2 Å². The van der Waals surface area contributed by atoms with E-state index in [-0.39, 0.29) is 31.1 Å². The first-order valence-electron chi connectivity index (χ1n) is 8.52. The van der Waals surface area contributed by atoms with E-state index in [2.05, 4.69) is 10.6 Å². The third-order valence-electron chi connectivity index (χ3n) is 4.57. The van der Waals surface area contributed by atoms with Gasteiger partial charge in [-0.15, -0.1) is 0 Å². The van der Waals surface area contributed by atoms with Crippen molar-refractivity contribution in [3.05, 3.63) is 65.2 Å². The molecular formula is C20H20N2O5. The number of hydrogen-bond donors (Lipinski definition) is 3. The van der Waals surface area contributed by atoms with Crippen LogP contribution in [0.4, 0.5) is 5.69 Å². The van der Waals surface area contributed by atoms with E-state index in [1.165, 1.54) is 6.07 Å². The number of benzene rings is 2. The van der Waals surface area contributed by atoms with Gasteiger partial charge in [-0.3, -0.25) is 9.59 Å². The molecule has 1 unspecified atom stereocenters. The van der Waals surface area contributed by atoms with Gasteiger partial charge in [0.2, 0.25) is 0 Å². The molecule has 7 heteroatoms. The predicted molar refractivity (Wildman–Crippen MR) is 98.8 cm³/mol. The second kappa shape index (κ2) is 7.59. The lowest BCUT2D eigenvalue weighted by Gasteiger charge is -2.24. The molecule has 1 saturated heterocycles. The standard InChI is InChI=1S/C20H20N2O5/c1-13-7-8-15(18(24)22-20(19(25)26)9-10-27-12-20)11-16(13)21-17(23)14-5-3-2-4-6-14/h2-8,11H,9-10,12H2,1H3,(H,21,23)(H,22,24)(H,25,26). The number of aliphatic carboxylic acids is 1. The normalized spacial score (nSPS) is 18.7. The van der Waals surface area contributed by atoms with Crippen molar-refractivity contribution in [2.45, 2.75) is 18.9 Å². The molecule has 0 spiro atoms. The number of carbonyl (C=O) groups excluding carboxylic acids is 2. The van der Waals surface area contributed by atoms with Crippen molar-refractivity contribution in [3.8, 4) is 0 Å². The van der Waals surface area contributed by atoms with Gasteiger partial charge in [-0.05, 0) is 36.8 Å². The molecule has 1 atom stereocenters. The molecular weight excluding hydrogens is 348 g/mol. The lowest BCUT2D eigenvalue weighted by Crippen LogP contribution is -2.55. The average Bonchev–Trinajstić information content (AvgIpc) is 3.14. The van der Waals surface area contributed by atoms with Crippen LogP contribution in [0.25, 0.3) is 0 Å². The van der Waals surface area contributed by atoms with Crippen LogP contribution in [-0.2, 0) is 9.53 Å². The molecule has 2 aromatic rings. The molecule has 2 amide bonds. The van der Waals surface area contributed by atoms with Gasteiger partial charge in [0, 0.05) is 29.8 Å². The van der Waals surface area contributed by atoms with E-state index in [9.17, 15) is 19.5 Å². The Morgan fingerprint density at radius 3 is 2.41 bits per heavy atom. The largest absolute Gasteiger partial charge is 0.479 e. The number of amides is 2. The van der Waals surface area contributed by atoms with Crippen molar-refractivity contribution in [2.75, 3.05) is 18.5 Å². The van der Waals surface area contributed by atoms with Gasteiger partial charge in [0.05, 0.1) is 6.61 Å². The van der Waals surface area contributed by atoms with Crippen molar-refractivity contribution in [2.24, 2.45) is 0 Å². The predicted octanol–water partition coefficient (Wildman–Crippen LogP) is 2.22. The second-order valence-electron chi connectivity index (χ2n) is 6.49. The SMILES string of the molecule is Cc1ccc(C(=O)NC2(C(=O)O)CCOC2)cc1NC(=O)c1ccccc1. The number of nitrogens with one attached hydrogen (secondary N) is 2. The fourth-order valence-electron chi connectivity index (χ4n) is 2.86. The number of anilines is 1. The molecule has 7 nitrogen and oxygen atoms in total. The summed E-state index contributed by atoms with van der Waals surface area (Å²) in [6, 6.07) is 13.6. The topological polar surface area (TPSA) is 105 Å². The summed E-state index contributed by atoms with van der Waals surface area (Å²) < 4.78 is 5.15. The third-order valence-corrected chi connectivity index (χ3v) is 4.57. The minimum atomic E-state index is -1.42. The van der Waals surface area contributed by atoms with Gasteiger partial charge in [0.15, 0.2) is 5.54 Å². The molecule has 3 N–H and O–H groups in total. The highest BCUT2D eigenvalue weighted by molar-refractivity contribution is 6.06. The smallest absolute Gasteiger partial charge is 0.331 e. The van der Waals surface area contributed by atoms with Crippen LogP contribution in [0.15, 0.2) is 48.5 Å². The van der Waals surface area contributed by atoms with Gasteiger partial charge in [-0.25, -0.2) is 4.79 Å². The first kappa shape index (κ1) is 18.6. The third kappa shape index (κ3) is 3.98. The molecule has 3 rings (SSSR count). The van der Waals surface area contributed by atoms with E-state index in [0.717, 1.165) is 5.56 Å². The van der Waals surface area contributed by atoms with E-state index >= 15 is 0 Å². The maximum absolute atomic E-state index is 12.6. The highest BCUT2D eigenvalue weighted by Gasteiger charge is 2.44. The fourth-order valence-corrected chi connectivity index (χ4v) is 2.86. The molecule has 0 aliphatic carbocycles. The number of carboxylic acids is 1. The average molecular weight is 368 g/mol. The second-order valence-corrected chi connectivity index (χ2v) is 6.49. The summed E-state index contributed by atoms with van der Waals surface area (Å²) in [4.78, 5) is 36.5. The summed E-state index contributed by atoms with van der Waals surface area (Å²) in [5, 5.41) is 14.8. The van der Waals surface area contributed by atoms with E-state index in [1.807, 2.05) is 13.0 Å². The number of aryl methyl sites for hydroxylation is 1. The van der Waals surface area contributed by atoms with E-state index in [4.69, 9.17) is 4.74 Å². The van der Waals surface area contributed by atoms with Gasteiger partial charge in [-0.2, -0.15) is 0 Å². The molecule has 0 saturated carbocycles. The summed E-state index contributed by atoms with van der Waals surface area (Å²) in [5.74, 6) is -1.95. The monoisotopic (exact) mass is 368 g/mol. The van der Waals surface area contributed by atoms with Crippen LogP contribution < -0.4 is 10.6 Å². The zero-order chi connectivity index (χ0) is 19.4. The minimum absolute atomic E-state index is 0.0719. The number of rotatable bonds is 5. The molecule has 1 aliphatic heterocycles. The van der Waals surface area contributed by atoms with Crippen LogP contribution in [0.3, 0.4) is 0 Å². The van der Waals surface area contributed by atoms with E-state index < -0.39 is 17.4 Å². The summed E-state index contributed by atoms with van der Waals surface area (Å²) in [7, 11) is 0. The number of hydrogen-bond acceptors (Lipinski definition) is 4. The summed E-state index contributed by atoms with van der Waals surface area (Å²) in [5.41, 5.74) is 0.614. The first-order valence-corrected chi connectivity index (χ1v) is 8.52. The zero-order valence-electron chi connectivity index (χ0n) is 14.8. The maximum Gasteiger partial charge on any atom is 0.331 e. The number of carboxylic acid groups (broad SMARTS) is 1. The molecule has 1 heterocycles. The van der Waals surface area contributed by atoms with Crippen LogP contribution in [-0.4, -0.2) is 41.6 Å². The minimum Gasteiger partial charge on any atom is -0.479 e. The quantitative estimate of drug-likeness (QED) is 0.751. The number of carbonyl (C=O) groups is 3. The van der Waals surface area contributed by atoms with Gasteiger partial charge in [-0.1, -0.05) is 24.3 Å². The molecule has 1 fully saturated rings. The van der Waals surface area contributed by atoms with Gasteiger partial charge in [0.1, 0.15) is 0 Å². The Hall–Kier alpha value is -3.19. The molecule has 27 heavy (non-hydrogen) atoms. The van der Waals surface area contributed by atoms with E-state index in [1.54, 1.807) is 36.4 Å². The Bertz CT molecular complexity index is 873. The first-order chi connectivity index (χ1) is 12.9. The van der Waals surface area contributed by atoms with Gasteiger partial charge in [0.25, 0.3) is 11.8 Å². The van der Waals surface area contributed by atoms with Crippen LogP contribution in [0.5, 0.6) is 0 Å².